The monoisotopic (exact) mass is 706 g/mol. The lowest BCUT2D eigenvalue weighted by atomic mass is 9.77. The average molecular weight is 707 g/mol. The molecule has 4 N–H and O–H groups in total. The molecule has 0 saturated carbocycles. The fourth-order valence-electron chi connectivity index (χ4n) is 6.90. The van der Waals surface area contributed by atoms with Gasteiger partial charge in [-0.15, -0.1) is 0 Å². The molecule has 3 amide bonds. The summed E-state index contributed by atoms with van der Waals surface area (Å²) in [5.41, 5.74) is 3.78. The average Bonchev–Trinajstić information content (AvgIpc) is 3.51. The van der Waals surface area contributed by atoms with Crippen LogP contribution in [0.2, 0.25) is 0 Å². The Morgan fingerprint density at radius 1 is 0.660 bits per heavy atom. The molecule has 268 valence electrons. The third-order valence-electron chi connectivity index (χ3n) is 9.52. The van der Waals surface area contributed by atoms with E-state index in [1.807, 2.05) is 133 Å². The molecule has 0 spiro atoms. The first kappa shape index (κ1) is 36.3. The maximum atomic E-state index is 13.9. The molecule has 9 heteroatoms. The lowest BCUT2D eigenvalue weighted by Gasteiger charge is -2.37. The number of nitrogens with zero attached hydrogens (tertiary/aromatic N) is 1. The van der Waals surface area contributed by atoms with Crippen LogP contribution >= 0.6 is 0 Å². The SMILES string of the molecule is Cn1cc(C[C@H](NC(=O)c2ccccc2)C(=O)N[C@@H](CCCC(=O)NC(c2ccccc2)(c2ccccc2)c2ccccc2)C(=O)O)c2ccccc21. The molecule has 0 aliphatic rings. The van der Waals surface area contributed by atoms with Gasteiger partial charge in [-0.25, -0.2) is 4.79 Å². The number of fused-ring (bicyclic) bond motifs is 1. The summed E-state index contributed by atoms with van der Waals surface area (Å²) in [6.07, 6.45) is 2.24. The Morgan fingerprint density at radius 2 is 1.17 bits per heavy atom. The molecule has 0 aliphatic heterocycles. The van der Waals surface area contributed by atoms with Crippen LogP contribution in [0, 0.1) is 0 Å². The standard InChI is InChI=1S/C44H42N4O5/c1-48-30-32(36-25-14-15-27-39(36)48)29-38(46-41(50)31-17-6-2-7-18-31)42(51)45-37(43(52)53)26-16-28-40(49)47-44(33-19-8-3-9-20-33,34-21-10-4-11-22-34)35-23-12-5-13-24-35/h2-15,17-25,27,30,37-38H,16,26,28-29H2,1H3,(H,45,51)(H,46,50)(H,47,49)(H,52,53)/t37-,38-/m0/s1. The molecule has 1 heterocycles. The zero-order valence-electron chi connectivity index (χ0n) is 29.4. The van der Waals surface area contributed by atoms with Crippen molar-refractivity contribution in [3.63, 3.8) is 0 Å². The lowest BCUT2D eigenvalue weighted by molar-refractivity contribution is -0.142. The molecule has 0 radical (unpaired) electrons. The van der Waals surface area contributed by atoms with Crippen LogP contribution in [0.1, 0.15) is 51.9 Å². The highest BCUT2D eigenvalue weighted by Gasteiger charge is 2.38. The highest BCUT2D eigenvalue weighted by molar-refractivity contribution is 5.98. The molecule has 6 rings (SSSR count). The summed E-state index contributed by atoms with van der Waals surface area (Å²) in [5, 5.41) is 19.9. The van der Waals surface area contributed by atoms with Gasteiger partial charge in [-0.1, -0.05) is 127 Å². The maximum absolute atomic E-state index is 13.9. The fraction of sp³-hybridized carbons (Fsp3) is 0.182. The van der Waals surface area contributed by atoms with Crippen LogP contribution in [0.5, 0.6) is 0 Å². The molecule has 5 aromatic carbocycles. The lowest BCUT2D eigenvalue weighted by Crippen LogP contribution is -2.52. The van der Waals surface area contributed by atoms with E-state index in [2.05, 4.69) is 16.0 Å². The largest absolute Gasteiger partial charge is 0.480 e. The van der Waals surface area contributed by atoms with E-state index in [0.29, 0.717) is 5.56 Å². The van der Waals surface area contributed by atoms with E-state index < -0.39 is 35.4 Å². The second-order valence-corrected chi connectivity index (χ2v) is 13.1. The van der Waals surface area contributed by atoms with Gasteiger partial charge in [-0.2, -0.15) is 0 Å². The normalized spacial score (nSPS) is 12.4. The molecule has 0 bridgehead atoms. The van der Waals surface area contributed by atoms with Crippen molar-refractivity contribution >= 4 is 34.6 Å². The second-order valence-electron chi connectivity index (χ2n) is 13.1. The van der Waals surface area contributed by atoms with Crippen LogP contribution in [0.25, 0.3) is 10.9 Å². The number of aromatic nitrogens is 1. The van der Waals surface area contributed by atoms with Crippen LogP contribution in [0.4, 0.5) is 0 Å². The Bertz CT molecular complexity index is 2070. The van der Waals surface area contributed by atoms with E-state index in [1.54, 1.807) is 30.3 Å². The molecule has 53 heavy (non-hydrogen) atoms. The predicted molar refractivity (Wildman–Crippen MR) is 205 cm³/mol. The molecule has 9 nitrogen and oxygen atoms in total. The summed E-state index contributed by atoms with van der Waals surface area (Å²) in [6.45, 7) is 0. The van der Waals surface area contributed by atoms with Crippen molar-refractivity contribution in [1.29, 1.82) is 0 Å². The topological polar surface area (TPSA) is 130 Å². The molecular formula is C44H42N4O5. The van der Waals surface area contributed by atoms with Gasteiger partial charge in [0.05, 0.1) is 0 Å². The third-order valence-corrected chi connectivity index (χ3v) is 9.52. The minimum Gasteiger partial charge on any atom is -0.480 e. The van der Waals surface area contributed by atoms with Crippen LogP contribution in [-0.4, -0.2) is 45.4 Å². The molecule has 6 aromatic rings. The van der Waals surface area contributed by atoms with Gasteiger partial charge in [0.15, 0.2) is 0 Å². The smallest absolute Gasteiger partial charge is 0.326 e. The fourth-order valence-corrected chi connectivity index (χ4v) is 6.90. The first-order valence-electron chi connectivity index (χ1n) is 17.7. The van der Waals surface area contributed by atoms with E-state index in [0.717, 1.165) is 33.2 Å². The number of hydrogen-bond acceptors (Lipinski definition) is 4. The number of rotatable bonds is 15. The van der Waals surface area contributed by atoms with Gasteiger partial charge >= 0.3 is 5.97 Å². The number of benzene rings is 5. The Hall–Kier alpha value is -6.48. The van der Waals surface area contributed by atoms with E-state index in [4.69, 9.17) is 0 Å². The Balaban J connectivity index is 1.19. The van der Waals surface area contributed by atoms with Crippen LogP contribution in [0.3, 0.4) is 0 Å². The Kier molecular flexibility index (Phi) is 11.4. The predicted octanol–water partition coefficient (Wildman–Crippen LogP) is 6.37. The van der Waals surface area contributed by atoms with Gasteiger partial charge in [0.2, 0.25) is 11.8 Å². The number of carbonyl (C=O) groups is 4. The molecule has 0 unspecified atom stereocenters. The summed E-state index contributed by atoms with van der Waals surface area (Å²) < 4.78 is 1.95. The van der Waals surface area contributed by atoms with Crippen LogP contribution < -0.4 is 16.0 Å². The van der Waals surface area contributed by atoms with Crippen molar-refractivity contribution in [1.82, 2.24) is 20.5 Å². The number of aliphatic carboxylic acids is 1. The first-order valence-corrected chi connectivity index (χ1v) is 17.7. The molecular weight excluding hydrogens is 665 g/mol. The molecule has 0 fully saturated rings. The van der Waals surface area contributed by atoms with E-state index in [-0.39, 0.29) is 31.6 Å². The van der Waals surface area contributed by atoms with Crippen molar-refractivity contribution in [2.75, 3.05) is 0 Å². The Labute approximate surface area is 308 Å². The highest BCUT2D eigenvalue weighted by atomic mass is 16.4. The van der Waals surface area contributed by atoms with E-state index in [1.165, 1.54) is 0 Å². The number of para-hydroxylation sites is 1. The summed E-state index contributed by atoms with van der Waals surface area (Å²) in [6, 6.07) is 43.1. The minimum atomic E-state index is -1.29. The van der Waals surface area contributed by atoms with Gasteiger partial charge in [-0.3, -0.25) is 14.4 Å². The molecule has 1 aromatic heterocycles. The van der Waals surface area contributed by atoms with Gasteiger partial charge in [-0.05, 0) is 53.3 Å². The number of nitrogens with one attached hydrogen (secondary N) is 3. The number of carbonyl (C=O) groups excluding carboxylic acids is 3. The summed E-state index contributed by atoms with van der Waals surface area (Å²) in [7, 11) is 1.91. The number of aryl methyl sites for hydroxylation is 1. The van der Waals surface area contributed by atoms with Crippen molar-refractivity contribution < 1.29 is 24.3 Å². The van der Waals surface area contributed by atoms with Crippen molar-refractivity contribution in [3.8, 4) is 0 Å². The summed E-state index contributed by atoms with van der Waals surface area (Å²) in [5.74, 6) is -2.59. The number of amides is 3. The highest BCUT2D eigenvalue weighted by Crippen LogP contribution is 2.37. The zero-order chi connectivity index (χ0) is 37.2. The minimum absolute atomic E-state index is 0.00285. The first-order chi connectivity index (χ1) is 25.8. The van der Waals surface area contributed by atoms with Crippen molar-refractivity contribution in [2.24, 2.45) is 7.05 Å². The third kappa shape index (κ3) is 8.37. The van der Waals surface area contributed by atoms with E-state index in [9.17, 15) is 24.3 Å². The second kappa shape index (κ2) is 16.7. The maximum Gasteiger partial charge on any atom is 0.326 e. The van der Waals surface area contributed by atoms with Crippen LogP contribution in [0.15, 0.2) is 152 Å². The molecule has 0 aliphatic carbocycles. The van der Waals surface area contributed by atoms with Gasteiger partial charge < -0.3 is 25.6 Å². The van der Waals surface area contributed by atoms with Gasteiger partial charge in [0.1, 0.15) is 17.6 Å². The van der Waals surface area contributed by atoms with Crippen molar-refractivity contribution in [2.45, 2.75) is 43.3 Å². The molecule has 2 atom stereocenters. The van der Waals surface area contributed by atoms with E-state index >= 15 is 0 Å². The van der Waals surface area contributed by atoms with Crippen LogP contribution in [-0.2, 0) is 33.4 Å². The number of carboxylic acids is 1. The summed E-state index contributed by atoms with van der Waals surface area (Å²) in [4.78, 5) is 53.4. The summed E-state index contributed by atoms with van der Waals surface area (Å²) >= 11 is 0. The number of carboxylic acid groups (broad SMARTS) is 1. The molecule has 0 saturated heterocycles. The van der Waals surface area contributed by atoms with Crippen molar-refractivity contribution in [3.05, 3.63) is 180 Å². The van der Waals surface area contributed by atoms with Gasteiger partial charge in [0, 0.05) is 42.6 Å². The van der Waals surface area contributed by atoms with Gasteiger partial charge in [0.25, 0.3) is 5.91 Å². The quantitative estimate of drug-likeness (QED) is 0.0924. The zero-order valence-corrected chi connectivity index (χ0v) is 29.4. The Morgan fingerprint density at radius 3 is 1.72 bits per heavy atom. The number of hydrogen-bond donors (Lipinski definition) is 4.